The van der Waals surface area contributed by atoms with E-state index in [1.165, 1.54) is 18.4 Å². The SMILES string of the molecule is Brc1ccc(CCNC2=NCCCCN2)cc1. The zero-order chi connectivity index (χ0) is 11.9. The molecule has 1 aliphatic heterocycles. The Hall–Kier alpha value is -1.03. The Labute approximate surface area is 111 Å². The Morgan fingerprint density at radius 2 is 2.06 bits per heavy atom. The number of guanidine groups is 1. The van der Waals surface area contributed by atoms with Gasteiger partial charge in [0.2, 0.25) is 0 Å². The summed E-state index contributed by atoms with van der Waals surface area (Å²) in [7, 11) is 0. The molecule has 0 saturated carbocycles. The molecule has 0 radical (unpaired) electrons. The smallest absolute Gasteiger partial charge is 0.191 e. The standard InChI is InChI=1S/C13H18BrN3/c14-12-5-3-11(4-6-12)7-10-17-13-15-8-1-2-9-16-13/h3-6H,1-2,7-10H2,(H2,15,16,17). The van der Waals surface area contributed by atoms with Crippen molar-refractivity contribution in [1.29, 1.82) is 0 Å². The van der Waals surface area contributed by atoms with Gasteiger partial charge >= 0.3 is 0 Å². The Balaban J connectivity index is 1.75. The van der Waals surface area contributed by atoms with Crippen molar-refractivity contribution in [3.63, 3.8) is 0 Å². The third-order valence-corrected chi connectivity index (χ3v) is 3.30. The van der Waals surface area contributed by atoms with Gasteiger partial charge in [-0.15, -0.1) is 0 Å². The van der Waals surface area contributed by atoms with E-state index in [2.05, 4.69) is 55.8 Å². The molecule has 0 aliphatic carbocycles. The molecule has 3 nitrogen and oxygen atoms in total. The van der Waals surface area contributed by atoms with Crippen molar-refractivity contribution in [3.05, 3.63) is 34.3 Å². The van der Waals surface area contributed by atoms with Gasteiger partial charge in [0.1, 0.15) is 0 Å². The molecule has 2 rings (SSSR count). The predicted octanol–water partition coefficient (Wildman–Crippen LogP) is 2.32. The maximum Gasteiger partial charge on any atom is 0.191 e. The molecule has 4 heteroatoms. The van der Waals surface area contributed by atoms with Crippen molar-refractivity contribution < 1.29 is 0 Å². The monoisotopic (exact) mass is 295 g/mol. The topological polar surface area (TPSA) is 36.4 Å². The van der Waals surface area contributed by atoms with Crippen molar-refractivity contribution in [2.45, 2.75) is 19.3 Å². The van der Waals surface area contributed by atoms with Gasteiger partial charge in [0.05, 0.1) is 0 Å². The molecule has 17 heavy (non-hydrogen) atoms. The van der Waals surface area contributed by atoms with Gasteiger partial charge in [-0.05, 0) is 37.0 Å². The van der Waals surface area contributed by atoms with Gasteiger partial charge in [-0.3, -0.25) is 4.99 Å². The minimum Gasteiger partial charge on any atom is -0.356 e. The summed E-state index contributed by atoms with van der Waals surface area (Å²) in [4.78, 5) is 4.46. The maximum atomic E-state index is 4.46. The summed E-state index contributed by atoms with van der Waals surface area (Å²) < 4.78 is 1.13. The number of nitrogens with zero attached hydrogens (tertiary/aromatic N) is 1. The zero-order valence-corrected chi connectivity index (χ0v) is 11.5. The van der Waals surface area contributed by atoms with Crippen LogP contribution in [-0.4, -0.2) is 25.6 Å². The highest BCUT2D eigenvalue weighted by Gasteiger charge is 2.01. The zero-order valence-electron chi connectivity index (χ0n) is 9.88. The highest BCUT2D eigenvalue weighted by molar-refractivity contribution is 9.10. The summed E-state index contributed by atoms with van der Waals surface area (Å²) in [5, 5.41) is 6.66. The summed E-state index contributed by atoms with van der Waals surface area (Å²) in [5.74, 6) is 0.958. The van der Waals surface area contributed by atoms with Crippen LogP contribution in [0.2, 0.25) is 0 Å². The van der Waals surface area contributed by atoms with Gasteiger partial charge in [-0.2, -0.15) is 0 Å². The number of nitrogens with one attached hydrogen (secondary N) is 2. The first kappa shape index (κ1) is 12.4. The summed E-state index contributed by atoms with van der Waals surface area (Å²) in [5.41, 5.74) is 1.34. The van der Waals surface area contributed by atoms with E-state index in [-0.39, 0.29) is 0 Å². The minimum atomic E-state index is 0.924. The summed E-state index contributed by atoms with van der Waals surface area (Å²) in [6.45, 7) is 2.89. The quantitative estimate of drug-likeness (QED) is 0.898. The highest BCUT2D eigenvalue weighted by Crippen LogP contribution is 2.10. The van der Waals surface area contributed by atoms with E-state index in [4.69, 9.17) is 0 Å². The Bertz CT molecular complexity index is 373. The Kier molecular flexibility index (Phi) is 4.86. The average molecular weight is 296 g/mol. The number of rotatable bonds is 3. The second-order valence-electron chi connectivity index (χ2n) is 4.17. The van der Waals surface area contributed by atoms with Gasteiger partial charge in [0, 0.05) is 24.1 Å². The van der Waals surface area contributed by atoms with Gasteiger partial charge in [0.25, 0.3) is 0 Å². The number of hydrogen-bond acceptors (Lipinski definition) is 3. The summed E-state index contributed by atoms with van der Waals surface area (Å²) in [6.07, 6.45) is 3.42. The average Bonchev–Trinajstić information content (AvgIpc) is 2.60. The van der Waals surface area contributed by atoms with Crippen molar-refractivity contribution in [2.24, 2.45) is 4.99 Å². The van der Waals surface area contributed by atoms with Crippen molar-refractivity contribution in [3.8, 4) is 0 Å². The molecule has 0 saturated heterocycles. The van der Waals surface area contributed by atoms with Crippen LogP contribution in [0.5, 0.6) is 0 Å². The molecule has 0 aromatic heterocycles. The van der Waals surface area contributed by atoms with E-state index < -0.39 is 0 Å². The van der Waals surface area contributed by atoms with Crippen LogP contribution in [0.25, 0.3) is 0 Å². The number of hydrogen-bond donors (Lipinski definition) is 2. The van der Waals surface area contributed by atoms with Crippen LogP contribution in [0, 0.1) is 0 Å². The van der Waals surface area contributed by atoms with Crippen LogP contribution in [0.4, 0.5) is 0 Å². The molecule has 92 valence electrons. The summed E-state index contributed by atoms with van der Waals surface area (Å²) in [6, 6.07) is 8.45. The fourth-order valence-electron chi connectivity index (χ4n) is 1.79. The molecule has 2 N–H and O–H groups in total. The summed E-state index contributed by atoms with van der Waals surface area (Å²) >= 11 is 3.44. The predicted molar refractivity (Wildman–Crippen MR) is 75.4 cm³/mol. The molecular formula is C13H18BrN3. The lowest BCUT2D eigenvalue weighted by molar-refractivity contribution is 0.741. The van der Waals surface area contributed by atoms with E-state index in [1.807, 2.05) is 0 Å². The van der Waals surface area contributed by atoms with E-state index in [0.717, 1.165) is 36.5 Å². The lowest BCUT2D eigenvalue weighted by Crippen LogP contribution is -2.38. The lowest BCUT2D eigenvalue weighted by Gasteiger charge is -2.09. The number of benzene rings is 1. The second kappa shape index (κ2) is 6.64. The molecule has 0 spiro atoms. The second-order valence-corrected chi connectivity index (χ2v) is 5.08. The van der Waals surface area contributed by atoms with Crippen LogP contribution < -0.4 is 10.6 Å². The molecule has 0 fully saturated rings. The molecule has 1 aromatic carbocycles. The van der Waals surface area contributed by atoms with E-state index in [0.29, 0.717) is 0 Å². The highest BCUT2D eigenvalue weighted by atomic mass is 79.9. The molecule has 0 bridgehead atoms. The molecule has 0 amide bonds. The van der Waals surface area contributed by atoms with Crippen molar-refractivity contribution in [1.82, 2.24) is 10.6 Å². The van der Waals surface area contributed by atoms with E-state index in [1.54, 1.807) is 0 Å². The normalized spacial score (nSPS) is 15.7. The fourth-order valence-corrected chi connectivity index (χ4v) is 2.05. The Morgan fingerprint density at radius 1 is 1.24 bits per heavy atom. The van der Waals surface area contributed by atoms with Crippen LogP contribution in [0.3, 0.4) is 0 Å². The maximum absolute atomic E-state index is 4.46. The fraction of sp³-hybridized carbons (Fsp3) is 0.462. The van der Waals surface area contributed by atoms with Crippen molar-refractivity contribution >= 4 is 21.9 Å². The van der Waals surface area contributed by atoms with Gasteiger partial charge < -0.3 is 10.6 Å². The van der Waals surface area contributed by atoms with Crippen LogP contribution in [0.1, 0.15) is 18.4 Å². The van der Waals surface area contributed by atoms with Crippen LogP contribution in [0.15, 0.2) is 33.7 Å². The van der Waals surface area contributed by atoms with Crippen LogP contribution >= 0.6 is 15.9 Å². The van der Waals surface area contributed by atoms with Crippen LogP contribution in [-0.2, 0) is 6.42 Å². The number of halogens is 1. The first-order chi connectivity index (χ1) is 8.34. The van der Waals surface area contributed by atoms with Gasteiger partial charge in [0.15, 0.2) is 5.96 Å². The van der Waals surface area contributed by atoms with E-state index >= 15 is 0 Å². The van der Waals surface area contributed by atoms with Gasteiger partial charge in [-0.1, -0.05) is 28.1 Å². The minimum absolute atomic E-state index is 0.924. The third-order valence-electron chi connectivity index (χ3n) is 2.77. The van der Waals surface area contributed by atoms with E-state index in [9.17, 15) is 0 Å². The third kappa shape index (κ3) is 4.38. The molecule has 1 aromatic rings. The number of aliphatic imine (C=N–C) groups is 1. The van der Waals surface area contributed by atoms with Crippen molar-refractivity contribution in [2.75, 3.05) is 19.6 Å². The molecule has 0 atom stereocenters. The molecule has 1 heterocycles. The largest absolute Gasteiger partial charge is 0.356 e. The molecule has 1 aliphatic rings. The lowest BCUT2D eigenvalue weighted by atomic mass is 10.1. The first-order valence-corrected chi connectivity index (χ1v) is 6.90. The Morgan fingerprint density at radius 3 is 2.88 bits per heavy atom. The molecular weight excluding hydrogens is 278 g/mol. The molecule has 0 unspecified atom stereocenters. The van der Waals surface area contributed by atoms with Gasteiger partial charge in [-0.25, -0.2) is 0 Å². The first-order valence-electron chi connectivity index (χ1n) is 6.11.